The molecule has 1 aliphatic heterocycles. The van der Waals surface area contributed by atoms with Gasteiger partial charge >= 0.3 is 0 Å². The molecule has 1 saturated heterocycles. The van der Waals surface area contributed by atoms with Crippen LogP contribution in [-0.2, 0) is 0 Å². The predicted octanol–water partition coefficient (Wildman–Crippen LogP) is 0.0835. The van der Waals surface area contributed by atoms with Crippen molar-refractivity contribution in [2.75, 3.05) is 18.0 Å². The summed E-state index contributed by atoms with van der Waals surface area (Å²) in [6.07, 6.45) is 6.29. The molecule has 86 valence electrons. The van der Waals surface area contributed by atoms with Crippen LogP contribution in [0.15, 0.2) is 18.7 Å². The van der Waals surface area contributed by atoms with Crippen molar-refractivity contribution in [1.29, 1.82) is 0 Å². The van der Waals surface area contributed by atoms with Crippen molar-refractivity contribution in [3.05, 3.63) is 18.7 Å². The number of nitrogens with two attached hydrogens (primary N) is 1. The highest BCUT2D eigenvalue weighted by molar-refractivity contribution is 5.85. The Bertz CT molecular complexity index is 484. The van der Waals surface area contributed by atoms with Gasteiger partial charge in [0.05, 0.1) is 0 Å². The fourth-order valence-electron chi connectivity index (χ4n) is 1.95. The Hall–Kier alpha value is -1.40. The minimum absolute atomic E-state index is 0. The van der Waals surface area contributed by atoms with Gasteiger partial charge in [0, 0.05) is 31.5 Å². The average molecular weight is 241 g/mol. The van der Waals surface area contributed by atoms with E-state index in [-0.39, 0.29) is 18.4 Å². The van der Waals surface area contributed by atoms with Gasteiger partial charge in [-0.15, -0.1) is 22.6 Å². The molecule has 0 radical (unpaired) electrons. The minimum Gasteiger partial charge on any atom is -0.352 e. The number of nitrogens with zero attached hydrogens (tertiary/aromatic N) is 5. The first kappa shape index (κ1) is 11.1. The third-order valence-electron chi connectivity index (χ3n) is 2.72. The lowest BCUT2D eigenvalue weighted by atomic mass is 10.3. The second-order valence-corrected chi connectivity index (χ2v) is 3.81. The molecule has 6 nitrogen and oxygen atoms in total. The van der Waals surface area contributed by atoms with Gasteiger partial charge in [-0.05, 0) is 6.42 Å². The van der Waals surface area contributed by atoms with Crippen molar-refractivity contribution >= 4 is 23.9 Å². The highest BCUT2D eigenvalue weighted by Crippen LogP contribution is 2.20. The normalized spacial score (nSPS) is 20.1. The van der Waals surface area contributed by atoms with Gasteiger partial charge in [-0.2, -0.15) is 0 Å². The summed E-state index contributed by atoms with van der Waals surface area (Å²) in [6, 6.07) is 0.245. The molecule has 3 rings (SSSR count). The van der Waals surface area contributed by atoms with Crippen LogP contribution in [0.3, 0.4) is 0 Å². The first-order chi connectivity index (χ1) is 7.34. The standard InChI is InChI=1S/C9H12N6.ClH/c10-7-1-3-14(5-7)8-9-13-12-6-15(9)4-2-11-8;/h2,4,6-7H,1,3,5,10H2;1H/t7-;/m0./s1. The quantitative estimate of drug-likeness (QED) is 0.765. The Labute approximate surface area is 98.9 Å². The third kappa shape index (κ3) is 1.70. The molecule has 2 aromatic rings. The van der Waals surface area contributed by atoms with Gasteiger partial charge in [-0.3, -0.25) is 4.40 Å². The van der Waals surface area contributed by atoms with Crippen molar-refractivity contribution < 1.29 is 0 Å². The number of hydrogen-bond acceptors (Lipinski definition) is 5. The number of rotatable bonds is 1. The SMILES string of the molecule is Cl.N[C@H]1CCN(c2nccn3cnnc23)C1. The van der Waals surface area contributed by atoms with Crippen LogP contribution >= 0.6 is 12.4 Å². The molecule has 1 fully saturated rings. The van der Waals surface area contributed by atoms with Gasteiger partial charge < -0.3 is 10.6 Å². The number of aromatic nitrogens is 4. The zero-order valence-electron chi connectivity index (χ0n) is 8.65. The van der Waals surface area contributed by atoms with E-state index in [0.717, 1.165) is 31.0 Å². The van der Waals surface area contributed by atoms with E-state index in [2.05, 4.69) is 20.1 Å². The van der Waals surface area contributed by atoms with Crippen LogP contribution in [0.5, 0.6) is 0 Å². The Morgan fingerprint density at radius 1 is 1.44 bits per heavy atom. The molecular formula is C9H13ClN6. The maximum atomic E-state index is 5.87. The highest BCUT2D eigenvalue weighted by Gasteiger charge is 2.22. The lowest BCUT2D eigenvalue weighted by Gasteiger charge is -2.16. The molecule has 0 aliphatic carbocycles. The number of fused-ring (bicyclic) bond motifs is 1. The monoisotopic (exact) mass is 240 g/mol. The maximum Gasteiger partial charge on any atom is 0.203 e. The molecule has 7 heteroatoms. The smallest absolute Gasteiger partial charge is 0.203 e. The fourth-order valence-corrected chi connectivity index (χ4v) is 1.95. The Morgan fingerprint density at radius 3 is 3.06 bits per heavy atom. The highest BCUT2D eigenvalue weighted by atomic mass is 35.5. The molecule has 0 bridgehead atoms. The number of halogens is 1. The van der Waals surface area contributed by atoms with E-state index in [1.54, 1.807) is 12.5 Å². The molecule has 2 aromatic heterocycles. The van der Waals surface area contributed by atoms with Crippen LogP contribution < -0.4 is 10.6 Å². The molecule has 0 unspecified atom stereocenters. The Balaban J connectivity index is 0.000000963. The molecule has 1 atom stereocenters. The van der Waals surface area contributed by atoms with Crippen molar-refractivity contribution in [2.45, 2.75) is 12.5 Å². The number of hydrogen-bond donors (Lipinski definition) is 1. The zero-order valence-corrected chi connectivity index (χ0v) is 9.47. The van der Waals surface area contributed by atoms with Crippen LogP contribution in [0.25, 0.3) is 5.65 Å². The third-order valence-corrected chi connectivity index (χ3v) is 2.72. The van der Waals surface area contributed by atoms with Crippen LogP contribution in [0, 0.1) is 0 Å². The molecule has 0 amide bonds. The molecular weight excluding hydrogens is 228 g/mol. The van der Waals surface area contributed by atoms with Crippen molar-refractivity contribution in [3.8, 4) is 0 Å². The molecule has 2 N–H and O–H groups in total. The lowest BCUT2D eigenvalue weighted by Crippen LogP contribution is -2.27. The van der Waals surface area contributed by atoms with Crippen molar-refractivity contribution in [1.82, 2.24) is 19.6 Å². The van der Waals surface area contributed by atoms with E-state index in [9.17, 15) is 0 Å². The molecule has 0 spiro atoms. The fraction of sp³-hybridized carbons (Fsp3) is 0.444. The molecule has 0 aromatic carbocycles. The first-order valence-corrected chi connectivity index (χ1v) is 4.99. The first-order valence-electron chi connectivity index (χ1n) is 4.99. The molecule has 0 saturated carbocycles. The van der Waals surface area contributed by atoms with E-state index in [0.29, 0.717) is 0 Å². The summed E-state index contributed by atoms with van der Waals surface area (Å²) in [5.74, 6) is 0.878. The van der Waals surface area contributed by atoms with Gasteiger partial charge in [0.1, 0.15) is 6.33 Å². The van der Waals surface area contributed by atoms with E-state index in [4.69, 9.17) is 5.73 Å². The van der Waals surface area contributed by atoms with Gasteiger partial charge in [0.25, 0.3) is 0 Å². The summed E-state index contributed by atoms with van der Waals surface area (Å²) in [5.41, 5.74) is 6.67. The van der Waals surface area contributed by atoms with Gasteiger partial charge in [-0.25, -0.2) is 4.98 Å². The van der Waals surface area contributed by atoms with E-state index in [1.807, 2.05) is 10.6 Å². The van der Waals surface area contributed by atoms with Crippen LogP contribution in [0.4, 0.5) is 5.82 Å². The topological polar surface area (TPSA) is 72.3 Å². The second-order valence-electron chi connectivity index (χ2n) is 3.81. The summed E-state index contributed by atoms with van der Waals surface area (Å²) in [6.45, 7) is 1.79. The summed E-state index contributed by atoms with van der Waals surface area (Å²) in [5, 5.41) is 7.92. The van der Waals surface area contributed by atoms with Crippen LogP contribution in [0.1, 0.15) is 6.42 Å². The van der Waals surface area contributed by atoms with Crippen LogP contribution in [0.2, 0.25) is 0 Å². The van der Waals surface area contributed by atoms with Crippen molar-refractivity contribution in [3.63, 3.8) is 0 Å². The summed E-state index contributed by atoms with van der Waals surface area (Å²) in [7, 11) is 0. The van der Waals surface area contributed by atoms with Crippen molar-refractivity contribution in [2.24, 2.45) is 5.73 Å². The minimum atomic E-state index is 0. The Kier molecular flexibility index (Phi) is 2.93. The average Bonchev–Trinajstić information content (AvgIpc) is 2.84. The maximum absolute atomic E-state index is 5.87. The molecule has 3 heterocycles. The molecule has 1 aliphatic rings. The van der Waals surface area contributed by atoms with Crippen LogP contribution in [-0.4, -0.2) is 38.7 Å². The Morgan fingerprint density at radius 2 is 2.31 bits per heavy atom. The van der Waals surface area contributed by atoms with Gasteiger partial charge in [0.15, 0.2) is 5.82 Å². The summed E-state index contributed by atoms with van der Waals surface area (Å²) >= 11 is 0. The van der Waals surface area contributed by atoms with E-state index >= 15 is 0 Å². The predicted molar refractivity (Wildman–Crippen MR) is 62.8 cm³/mol. The summed E-state index contributed by atoms with van der Waals surface area (Å²) < 4.78 is 1.87. The number of anilines is 1. The summed E-state index contributed by atoms with van der Waals surface area (Å²) in [4.78, 5) is 6.50. The van der Waals surface area contributed by atoms with Gasteiger partial charge in [-0.1, -0.05) is 0 Å². The second kappa shape index (κ2) is 4.23. The zero-order chi connectivity index (χ0) is 10.3. The van der Waals surface area contributed by atoms with E-state index in [1.165, 1.54) is 0 Å². The van der Waals surface area contributed by atoms with E-state index < -0.39 is 0 Å². The lowest BCUT2D eigenvalue weighted by molar-refractivity contribution is 0.751. The largest absolute Gasteiger partial charge is 0.352 e. The molecule has 16 heavy (non-hydrogen) atoms. The van der Waals surface area contributed by atoms with Gasteiger partial charge in [0.2, 0.25) is 5.65 Å².